The van der Waals surface area contributed by atoms with Gasteiger partial charge in [0.2, 0.25) is 11.6 Å². The van der Waals surface area contributed by atoms with Gasteiger partial charge in [-0.25, -0.2) is 4.98 Å². The van der Waals surface area contributed by atoms with Crippen LogP contribution < -0.4 is 16.2 Å². The van der Waals surface area contributed by atoms with E-state index < -0.39 is 5.91 Å². The fraction of sp³-hybridized carbons (Fsp3) is 0.0769. The van der Waals surface area contributed by atoms with Crippen molar-refractivity contribution in [2.24, 2.45) is 5.73 Å². The number of pyridine rings is 1. The highest BCUT2D eigenvalue weighted by Gasteiger charge is 2.13. The zero-order chi connectivity index (χ0) is 15.7. The molecule has 8 nitrogen and oxygen atoms in total. The van der Waals surface area contributed by atoms with Crippen LogP contribution in [0.15, 0.2) is 24.3 Å². The van der Waals surface area contributed by atoms with Gasteiger partial charge in [-0.3, -0.25) is 4.79 Å². The zero-order valence-corrected chi connectivity index (χ0v) is 12.0. The number of ether oxygens (including phenoxy) is 1. The van der Waals surface area contributed by atoms with Crippen LogP contribution in [0.3, 0.4) is 0 Å². The van der Waals surface area contributed by atoms with Gasteiger partial charge >= 0.3 is 0 Å². The first-order valence-electron chi connectivity index (χ1n) is 6.23. The van der Waals surface area contributed by atoms with Crippen LogP contribution in [0.1, 0.15) is 15.9 Å². The van der Waals surface area contributed by atoms with Gasteiger partial charge in [0.15, 0.2) is 11.3 Å². The number of nitrogen functional groups attached to an aromatic ring is 1. The third-order valence-electron chi connectivity index (χ3n) is 3.00. The third-order valence-corrected chi connectivity index (χ3v) is 3.45. The molecule has 0 unspecified atom stereocenters. The molecule has 3 rings (SSSR count). The van der Waals surface area contributed by atoms with Crippen molar-refractivity contribution in [3.05, 3.63) is 40.4 Å². The molecule has 112 valence electrons. The summed E-state index contributed by atoms with van der Waals surface area (Å²) < 4.78 is 5.68. The van der Waals surface area contributed by atoms with E-state index >= 15 is 0 Å². The summed E-state index contributed by atoms with van der Waals surface area (Å²) in [7, 11) is 0. The fourth-order valence-electron chi connectivity index (χ4n) is 1.97. The van der Waals surface area contributed by atoms with Gasteiger partial charge in [0, 0.05) is 11.6 Å². The molecule has 9 heteroatoms. The van der Waals surface area contributed by atoms with E-state index in [1.807, 2.05) is 0 Å². The van der Waals surface area contributed by atoms with E-state index in [1.165, 1.54) is 6.07 Å². The second-order valence-electron chi connectivity index (χ2n) is 4.47. The molecule has 1 amide bonds. The Kier molecular flexibility index (Phi) is 3.51. The summed E-state index contributed by atoms with van der Waals surface area (Å²) in [6, 6.07) is 6.50. The van der Waals surface area contributed by atoms with Gasteiger partial charge in [0.25, 0.3) is 0 Å². The van der Waals surface area contributed by atoms with E-state index in [1.54, 1.807) is 18.2 Å². The lowest BCUT2D eigenvalue weighted by Gasteiger charge is -2.10. The van der Waals surface area contributed by atoms with Gasteiger partial charge in [-0.15, -0.1) is 5.10 Å². The predicted molar refractivity (Wildman–Crippen MR) is 80.4 cm³/mol. The average molecular weight is 319 g/mol. The highest BCUT2D eigenvalue weighted by molar-refractivity contribution is 6.34. The Morgan fingerprint density at radius 3 is 2.95 bits per heavy atom. The summed E-state index contributed by atoms with van der Waals surface area (Å²) in [6.45, 7) is 0.116. The molecule has 0 saturated heterocycles. The molecule has 0 aliphatic heterocycles. The third kappa shape index (κ3) is 2.51. The highest BCUT2D eigenvalue weighted by atomic mass is 35.5. The van der Waals surface area contributed by atoms with E-state index in [2.05, 4.69) is 20.4 Å². The van der Waals surface area contributed by atoms with Crippen molar-refractivity contribution in [3.63, 3.8) is 0 Å². The number of carbonyl (C=O) groups is 1. The number of aromatic nitrogens is 4. The minimum absolute atomic E-state index is 0.116. The molecule has 0 aliphatic rings. The minimum atomic E-state index is -0.598. The molecule has 3 aromatic rings. The molecule has 5 N–H and O–H groups in total. The van der Waals surface area contributed by atoms with E-state index in [0.717, 1.165) is 0 Å². The summed E-state index contributed by atoms with van der Waals surface area (Å²) in [6.07, 6.45) is 0. The van der Waals surface area contributed by atoms with Crippen molar-refractivity contribution >= 4 is 34.5 Å². The number of amides is 1. The topological polar surface area (TPSA) is 133 Å². The molecular formula is C13H11ClN6O2. The van der Waals surface area contributed by atoms with Crippen LogP contribution >= 0.6 is 11.6 Å². The molecule has 0 spiro atoms. The molecule has 0 aliphatic carbocycles. The lowest BCUT2D eigenvalue weighted by atomic mass is 10.1. The first kappa shape index (κ1) is 14.1. The SMILES string of the molecule is NC(=O)c1cccc(COc2cc(N)nc3n[nH]nc23)c1Cl. The number of fused-ring (bicyclic) bond motifs is 1. The number of nitrogens with two attached hydrogens (primary N) is 2. The molecule has 1 aromatic carbocycles. The van der Waals surface area contributed by atoms with Crippen molar-refractivity contribution in [1.82, 2.24) is 20.4 Å². The van der Waals surface area contributed by atoms with Gasteiger partial charge < -0.3 is 16.2 Å². The Labute approximate surface area is 129 Å². The smallest absolute Gasteiger partial charge is 0.250 e. The molecule has 0 fully saturated rings. The number of primary amides is 1. The van der Waals surface area contributed by atoms with Gasteiger partial charge in [-0.2, -0.15) is 10.3 Å². The van der Waals surface area contributed by atoms with Crippen molar-refractivity contribution in [2.75, 3.05) is 5.73 Å². The van der Waals surface area contributed by atoms with Crippen LogP contribution in [0.25, 0.3) is 11.2 Å². The van der Waals surface area contributed by atoms with Crippen LogP contribution in [-0.4, -0.2) is 26.3 Å². The van der Waals surface area contributed by atoms with Crippen LogP contribution in [0, 0.1) is 0 Å². The van der Waals surface area contributed by atoms with Gasteiger partial charge in [-0.05, 0) is 6.07 Å². The van der Waals surface area contributed by atoms with Gasteiger partial charge in [-0.1, -0.05) is 23.7 Å². The maximum absolute atomic E-state index is 11.3. The number of carbonyl (C=O) groups excluding carboxylic acids is 1. The Balaban J connectivity index is 1.90. The normalized spacial score (nSPS) is 10.8. The van der Waals surface area contributed by atoms with Gasteiger partial charge in [0.05, 0.1) is 10.6 Å². The van der Waals surface area contributed by atoms with Crippen molar-refractivity contribution in [2.45, 2.75) is 6.61 Å². The summed E-state index contributed by atoms with van der Waals surface area (Å²) in [5.41, 5.74) is 12.6. The fourth-order valence-corrected chi connectivity index (χ4v) is 2.25. The molecule has 0 bridgehead atoms. The second-order valence-corrected chi connectivity index (χ2v) is 4.85. The molecule has 22 heavy (non-hydrogen) atoms. The van der Waals surface area contributed by atoms with Crippen molar-refractivity contribution in [3.8, 4) is 5.75 Å². The first-order valence-corrected chi connectivity index (χ1v) is 6.61. The van der Waals surface area contributed by atoms with Gasteiger partial charge in [0.1, 0.15) is 12.4 Å². The Morgan fingerprint density at radius 2 is 2.18 bits per heavy atom. The predicted octanol–water partition coefficient (Wildman–Crippen LogP) is 1.27. The van der Waals surface area contributed by atoms with Crippen LogP contribution in [0.5, 0.6) is 5.75 Å². The maximum Gasteiger partial charge on any atom is 0.250 e. The van der Waals surface area contributed by atoms with Crippen LogP contribution in [0.2, 0.25) is 5.02 Å². The minimum Gasteiger partial charge on any atom is -0.486 e. The lowest BCUT2D eigenvalue weighted by Crippen LogP contribution is -2.12. The summed E-state index contributed by atoms with van der Waals surface area (Å²) in [5.74, 6) is 0.0732. The number of nitrogens with one attached hydrogen (secondary N) is 1. The average Bonchev–Trinajstić information content (AvgIpc) is 2.93. The van der Waals surface area contributed by atoms with Crippen LogP contribution in [0.4, 0.5) is 5.82 Å². The number of nitrogens with zero attached hydrogens (tertiary/aromatic N) is 3. The monoisotopic (exact) mass is 318 g/mol. The van der Waals surface area contributed by atoms with Crippen molar-refractivity contribution in [1.29, 1.82) is 0 Å². The summed E-state index contributed by atoms with van der Waals surface area (Å²) in [5, 5.41) is 10.5. The molecule has 2 heterocycles. The number of hydrogen-bond acceptors (Lipinski definition) is 6. The van der Waals surface area contributed by atoms with E-state index in [4.69, 9.17) is 27.8 Å². The summed E-state index contributed by atoms with van der Waals surface area (Å²) in [4.78, 5) is 15.3. The lowest BCUT2D eigenvalue weighted by molar-refractivity contribution is 0.100. The number of aromatic amines is 1. The number of anilines is 1. The van der Waals surface area contributed by atoms with E-state index in [0.29, 0.717) is 22.5 Å². The number of H-pyrrole nitrogens is 1. The number of benzene rings is 1. The number of rotatable bonds is 4. The van der Waals surface area contributed by atoms with Crippen molar-refractivity contribution < 1.29 is 9.53 Å². The highest BCUT2D eigenvalue weighted by Crippen LogP contribution is 2.26. The zero-order valence-electron chi connectivity index (χ0n) is 11.2. The second kappa shape index (κ2) is 5.49. The van der Waals surface area contributed by atoms with Crippen LogP contribution in [-0.2, 0) is 6.61 Å². The Morgan fingerprint density at radius 1 is 1.36 bits per heavy atom. The maximum atomic E-state index is 11.3. The molecular weight excluding hydrogens is 308 g/mol. The van der Waals surface area contributed by atoms with E-state index in [-0.39, 0.29) is 23.0 Å². The quantitative estimate of drug-likeness (QED) is 0.663. The summed E-state index contributed by atoms with van der Waals surface area (Å²) >= 11 is 6.15. The first-order chi connectivity index (χ1) is 10.6. The molecule has 0 saturated carbocycles. The molecule has 0 atom stereocenters. The standard InChI is InChI=1S/C13H11ClN6O2/c14-10-6(2-1-3-7(10)12(16)21)5-22-8-4-9(15)17-13-11(8)18-20-19-13/h1-4H,5H2,(H2,16,21)(H3,15,17,18,19,20). The Hall–Kier alpha value is -2.87. The number of hydrogen-bond donors (Lipinski definition) is 3. The largest absolute Gasteiger partial charge is 0.486 e. The molecule has 2 aromatic heterocycles. The number of halogens is 1. The molecule has 0 radical (unpaired) electrons. The Bertz CT molecular complexity index is 863. The van der Waals surface area contributed by atoms with E-state index in [9.17, 15) is 4.79 Å².